The van der Waals surface area contributed by atoms with E-state index in [-0.39, 0.29) is 24.4 Å². The molecule has 0 aliphatic carbocycles. The average molecular weight is 215 g/mol. The highest BCUT2D eigenvalue weighted by molar-refractivity contribution is 5.85. The molecule has 2 N–H and O–H groups in total. The van der Waals surface area contributed by atoms with Gasteiger partial charge in [-0.25, -0.2) is 0 Å². The molecule has 1 rings (SSSR count). The molecule has 1 amide bonds. The first-order chi connectivity index (χ1) is 6.13. The molecule has 3 nitrogen and oxygen atoms in total. The van der Waals surface area contributed by atoms with Crippen molar-refractivity contribution in [3.63, 3.8) is 0 Å². The number of rotatable bonds is 3. The van der Waals surface area contributed by atoms with Gasteiger partial charge in [-0.15, -0.1) is 12.4 Å². The maximum absolute atomic E-state index is 11.1. The highest BCUT2D eigenvalue weighted by Gasteiger charge is 2.18. The molecule has 0 saturated carbocycles. The van der Waals surface area contributed by atoms with E-state index in [0.29, 0.717) is 0 Å². The van der Waals surface area contributed by atoms with Gasteiger partial charge in [-0.3, -0.25) is 9.69 Å². The number of nitrogens with zero attached hydrogens (tertiary/aromatic N) is 1. The Morgan fingerprint density at radius 3 is 2.14 bits per heavy atom. The summed E-state index contributed by atoms with van der Waals surface area (Å²) in [4.78, 5) is 12.9. The van der Waals surface area contributed by atoms with Gasteiger partial charge in [0.25, 0.3) is 0 Å². The summed E-state index contributed by atoms with van der Waals surface area (Å²) in [5, 5.41) is 0. The van der Waals surface area contributed by atoms with Crippen molar-refractivity contribution < 1.29 is 4.79 Å². The van der Waals surface area contributed by atoms with E-state index in [1.54, 1.807) is 4.90 Å². The van der Waals surface area contributed by atoms with Crippen molar-refractivity contribution in [1.82, 2.24) is 4.90 Å². The topological polar surface area (TPSA) is 46.3 Å². The third kappa shape index (κ3) is 3.01. The lowest BCUT2D eigenvalue weighted by Gasteiger charge is -2.20. The zero-order valence-electron chi connectivity index (χ0n) is 8.31. The molecule has 0 radical (unpaired) electrons. The summed E-state index contributed by atoms with van der Waals surface area (Å²) in [6.45, 7) is 0. The molecule has 0 bridgehead atoms. The number of carbonyl (C=O) groups is 1. The Hall–Kier alpha value is -1.06. The lowest BCUT2D eigenvalue weighted by molar-refractivity contribution is -0.122. The lowest BCUT2D eigenvalue weighted by Crippen LogP contribution is -2.32. The Bertz CT molecular complexity index is 287. The van der Waals surface area contributed by atoms with E-state index in [1.807, 2.05) is 44.4 Å². The van der Waals surface area contributed by atoms with Crippen molar-refractivity contribution in [1.29, 1.82) is 0 Å². The second-order valence-corrected chi connectivity index (χ2v) is 3.18. The second-order valence-electron chi connectivity index (χ2n) is 3.18. The number of benzene rings is 1. The second kappa shape index (κ2) is 5.62. The molecule has 1 unspecified atom stereocenters. The molecule has 0 spiro atoms. The van der Waals surface area contributed by atoms with Crippen LogP contribution in [-0.2, 0) is 4.79 Å². The van der Waals surface area contributed by atoms with Gasteiger partial charge >= 0.3 is 0 Å². The summed E-state index contributed by atoms with van der Waals surface area (Å²) >= 11 is 0. The fourth-order valence-corrected chi connectivity index (χ4v) is 1.35. The first-order valence-corrected chi connectivity index (χ1v) is 4.13. The van der Waals surface area contributed by atoms with Crippen LogP contribution in [0, 0.1) is 0 Å². The van der Waals surface area contributed by atoms with E-state index in [2.05, 4.69) is 0 Å². The van der Waals surface area contributed by atoms with E-state index < -0.39 is 0 Å². The van der Waals surface area contributed by atoms with Gasteiger partial charge in [-0.1, -0.05) is 30.3 Å². The van der Waals surface area contributed by atoms with E-state index in [4.69, 9.17) is 5.73 Å². The van der Waals surface area contributed by atoms with E-state index in [1.165, 1.54) is 0 Å². The Morgan fingerprint density at radius 1 is 1.29 bits per heavy atom. The van der Waals surface area contributed by atoms with Crippen LogP contribution >= 0.6 is 12.4 Å². The van der Waals surface area contributed by atoms with Crippen molar-refractivity contribution in [2.24, 2.45) is 5.73 Å². The summed E-state index contributed by atoms with van der Waals surface area (Å²) in [6, 6.07) is 9.17. The molecule has 1 aromatic rings. The number of likely N-dealkylation sites (N-methyl/N-ethyl adjacent to an activating group) is 1. The molecule has 0 aliphatic rings. The molecule has 0 heterocycles. The lowest BCUT2D eigenvalue weighted by atomic mass is 10.1. The Labute approximate surface area is 90.3 Å². The minimum atomic E-state index is -0.332. The first-order valence-electron chi connectivity index (χ1n) is 4.13. The third-order valence-electron chi connectivity index (χ3n) is 1.90. The van der Waals surface area contributed by atoms with Crippen LogP contribution in [0.25, 0.3) is 0 Å². The Kier molecular flexibility index (Phi) is 5.20. The number of carbonyl (C=O) groups excluding carboxylic acids is 1. The van der Waals surface area contributed by atoms with Crippen molar-refractivity contribution in [2.75, 3.05) is 14.1 Å². The quantitative estimate of drug-likeness (QED) is 0.822. The number of halogens is 1. The van der Waals surface area contributed by atoms with Crippen molar-refractivity contribution in [2.45, 2.75) is 6.04 Å². The van der Waals surface area contributed by atoms with Crippen LogP contribution in [0.15, 0.2) is 30.3 Å². The van der Waals surface area contributed by atoms with E-state index >= 15 is 0 Å². The zero-order valence-corrected chi connectivity index (χ0v) is 9.12. The number of hydrogen-bond acceptors (Lipinski definition) is 2. The van der Waals surface area contributed by atoms with Gasteiger partial charge in [0.05, 0.1) is 0 Å². The molecule has 4 heteroatoms. The Balaban J connectivity index is 0.00000169. The smallest absolute Gasteiger partial charge is 0.239 e. The number of nitrogens with two attached hydrogens (primary N) is 1. The molecule has 0 aromatic heterocycles. The minimum absolute atomic E-state index is 0. The van der Waals surface area contributed by atoms with Crippen molar-refractivity contribution in [3.8, 4) is 0 Å². The van der Waals surface area contributed by atoms with Gasteiger partial charge in [0.1, 0.15) is 6.04 Å². The summed E-state index contributed by atoms with van der Waals surface area (Å²) in [5.41, 5.74) is 6.22. The molecule has 78 valence electrons. The first kappa shape index (κ1) is 12.9. The molecule has 1 aromatic carbocycles. The van der Waals surface area contributed by atoms with Gasteiger partial charge in [-0.05, 0) is 19.7 Å². The molecule has 14 heavy (non-hydrogen) atoms. The van der Waals surface area contributed by atoms with Crippen LogP contribution in [0.4, 0.5) is 0 Å². The van der Waals surface area contributed by atoms with Crippen molar-refractivity contribution in [3.05, 3.63) is 35.9 Å². The van der Waals surface area contributed by atoms with Gasteiger partial charge < -0.3 is 5.73 Å². The number of hydrogen-bond donors (Lipinski definition) is 1. The van der Waals surface area contributed by atoms with Crippen LogP contribution in [0.3, 0.4) is 0 Å². The average Bonchev–Trinajstić information content (AvgIpc) is 2.04. The van der Waals surface area contributed by atoms with Crippen LogP contribution in [0.2, 0.25) is 0 Å². The summed E-state index contributed by atoms with van der Waals surface area (Å²) in [7, 11) is 3.67. The highest BCUT2D eigenvalue weighted by atomic mass is 35.5. The number of amides is 1. The predicted molar refractivity (Wildman–Crippen MR) is 59.3 cm³/mol. The van der Waals surface area contributed by atoms with Gasteiger partial charge in [0.2, 0.25) is 5.91 Å². The van der Waals surface area contributed by atoms with Crippen molar-refractivity contribution >= 4 is 18.3 Å². The molecule has 0 aliphatic heterocycles. The Morgan fingerprint density at radius 2 is 1.79 bits per heavy atom. The minimum Gasteiger partial charge on any atom is -0.368 e. The predicted octanol–water partition coefficient (Wildman–Crippen LogP) is 1.20. The highest BCUT2D eigenvalue weighted by Crippen LogP contribution is 2.16. The third-order valence-corrected chi connectivity index (χ3v) is 1.90. The van der Waals surface area contributed by atoms with Crippen LogP contribution in [-0.4, -0.2) is 24.9 Å². The van der Waals surface area contributed by atoms with Gasteiger partial charge in [-0.2, -0.15) is 0 Å². The number of primary amides is 1. The standard InChI is InChI=1S/C10H14N2O.ClH/c1-12(2)9(10(11)13)8-6-4-3-5-7-8;/h3-7,9H,1-2H3,(H2,11,13);1H. The van der Waals surface area contributed by atoms with Crippen LogP contribution in [0.1, 0.15) is 11.6 Å². The molecule has 0 saturated heterocycles. The fourth-order valence-electron chi connectivity index (χ4n) is 1.35. The largest absolute Gasteiger partial charge is 0.368 e. The van der Waals surface area contributed by atoms with Gasteiger partial charge in [0.15, 0.2) is 0 Å². The van der Waals surface area contributed by atoms with E-state index in [9.17, 15) is 4.79 Å². The van der Waals surface area contributed by atoms with Gasteiger partial charge in [0, 0.05) is 0 Å². The van der Waals surface area contributed by atoms with Crippen LogP contribution in [0.5, 0.6) is 0 Å². The molecule has 1 atom stereocenters. The van der Waals surface area contributed by atoms with Crippen LogP contribution < -0.4 is 5.73 Å². The van der Waals surface area contributed by atoms with E-state index in [0.717, 1.165) is 5.56 Å². The monoisotopic (exact) mass is 214 g/mol. The maximum Gasteiger partial charge on any atom is 0.239 e. The molecule has 0 fully saturated rings. The molecular formula is C10H15ClN2O. The SMILES string of the molecule is CN(C)C(C(N)=O)c1ccccc1.Cl. The summed E-state index contributed by atoms with van der Waals surface area (Å²) in [5.74, 6) is -0.323. The normalized spacial score (nSPS) is 11.9. The fraction of sp³-hybridized carbons (Fsp3) is 0.300. The zero-order chi connectivity index (χ0) is 9.84. The summed E-state index contributed by atoms with van der Waals surface area (Å²) in [6.07, 6.45) is 0. The maximum atomic E-state index is 11.1. The summed E-state index contributed by atoms with van der Waals surface area (Å²) < 4.78 is 0. The molecular weight excluding hydrogens is 200 g/mol.